The largest absolute Gasteiger partial charge is 0.479 e. The molecule has 0 amide bonds. The normalized spacial score (nSPS) is 12.2. The standard InChI is InChI=1S/C13H16O4/c1-3-8-9(11(14)4-2)6-5-7-10(8)12(15)13(16)17/h5-7,12,15H,3-4H2,1-2H3,(H,16,17). The summed E-state index contributed by atoms with van der Waals surface area (Å²) in [6.45, 7) is 3.59. The Hall–Kier alpha value is -1.68. The van der Waals surface area contributed by atoms with Crippen LogP contribution in [-0.4, -0.2) is 22.0 Å². The Morgan fingerprint density at radius 1 is 1.29 bits per heavy atom. The molecule has 0 radical (unpaired) electrons. The molecule has 17 heavy (non-hydrogen) atoms. The molecule has 1 rings (SSSR count). The minimum atomic E-state index is -1.57. The van der Waals surface area contributed by atoms with Gasteiger partial charge in [-0.3, -0.25) is 4.79 Å². The van der Waals surface area contributed by atoms with Gasteiger partial charge in [0.2, 0.25) is 0 Å². The van der Waals surface area contributed by atoms with Gasteiger partial charge >= 0.3 is 5.97 Å². The van der Waals surface area contributed by atoms with Crippen LogP contribution in [0.4, 0.5) is 0 Å². The number of hydrogen-bond donors (Lipinski definition) is 2. The van der Waals surface area contributed by atoms with Crippen molar-refractivity contribution in [2.24, 2.45) is 0 Å². The predicted molar refractivity (Wildman–Crippen MR) is 63.0 cm³/mol. The first-order chi connectivity index (χ1) is 8.02. The Morgan fingerprint density at radius 3 is 2.41 bits per heavy atom. The maximum absolute atomic E-state index is 11.7. The number of carboxylic acid groups (broad SMARTS) is 1. The number of aliphatic hydroxyl groups is 1. The van der Waals surface area contributed by atoms with E-state index >= 15 is 0 Å². The second-order valence-electron chi connectivity index (χ2n) is 3.74. The number of ketones is 1. The van der Waals surface area contributed by atoms with Crippen LogP contribution in [0.5, 0.6) is 0 Å². The lowest BCUT2D eigenvalue weighted by molar-refractivity contribution is -0.147. The molecule has 1 aromatic rings. The second-order valence-corrected chi connectivity index (χ2v) is 3.74. The van der Waals surface area contributed by atoms with Gasteiger partial charge in [0.15, 0.2) is 11.9 Å². The summed E-state index contributed by atoms with van der Waals surface area (Å²) >= 11 is 0. The molecule has 0 heterocycles. The maximum Gasteiger partial charge on any atom is 0.337 e. The van der Waals surface area contributed by atoms with Crippen molar-refractivity contribution in [3.8, 4) is 0 Å². The number of rotatable bonds is 5. The van der Waals surface area contributed by atoms with Crippen LogP contribution >= 0.6 is 0 Å². The third kappa shape index (κ3) is 2.71. The third-order valence-corrected chi connectivity index (χ3v) is 2.72. The van der Waals surface area contributed by atoms with Crippen LogP contribution in [-0.2, 0) is 11.2 Å². The topological polar surface area (TPSA) is 74.6 Å². The number of carbonyl (C=O) groups is 2. The average Bonchev–Trinajstić information content (AvgIpc) is 2.35. The molecule has 0 aromatic heterocycles. The van der Waals surface area contributed by atoms with Gasteiger partial charge in [0, 0.05) is 12.0 Å². The number of carbonyl (C=O) groups excluding carboxylic acids is 1. The fourth-order valence-corrected chi connectivity index (χ4v) is 1.84. The Morgan fingerprint density at radius 2 is 1.94 bits per heavy atom. The molecule has 1 unspecified atom stereocenters. The third-order valence-electron chi connectivity index (χ3n) is 2.72. The lowest BCUT2D eigenvalue weighted by Crippen LogP contribution is -2.15. The van der Waals surface area contributed by atoms with Crippen molar-refractivity contribution in [3.05, 3.63) is 34.9 Å². The molecule has 0 bridgehead atoms. The van der Waals surface area contributed by atoms with Crippen molar-refractivity contribution in [2.75, 3.05) is 0 Å². The molecule has 1 atom stereocenters. The SMILES string of the molecule is CCC(=O)c1cccc(C(O)C(=O)O)c1CC. The molecule has 0 spiro atoms. The van der Waals surface area contributed by atoms with E-state index in [-0.39, 0.29) is 5.78 Å². The predicted octanol–water partition coefficient (Wildman–Crippen LogP) is 1.96. The molecule has 0 aliphatic heterocycles. The Labute approximate surface area is 99.9 Å². The fraction of sp³-hybridized carbons (Fsp3) is 0.385. The molecule has 4 nitrogen and oxygen atoms in total. The first-order valence-electron chi connectivity index (χ1n) is 5.58. The Balaban J connectivity index is 3.32. The van der Waals surface area contributed by atoms with Crippen molar-refractivity contribution in [3.63, 3.8) is 0 Å². The summed E-state index contributed by atoms with van der Waals surface area (Å²) in [4.78, 5) is 22.5. The Bertz CT molecular complexity index is 437. The summed E-state index contributed by atoms with van der Waals surface area (Å²) in [5, 5.41) is 18.4. The number of hydrogen-bond acceptors (Lipinski definition) is 3. The van der Waals surface area contributed by atoms with Gasteiger partial charge < -0.3 is 10.2 Å². The van der Waals surface area contributed by atoms with Gasteiger partial charge in [0.1, 0.15) is 0 Å². The van der Waals surface area contributed by atoms with Gasteiger partial charge in [-0.2, -0.15) is 0 Å². The highest BCUT2D eigenvalue weighted by atomic mass is 16.4. The van der Waals surface area contributed by atoms with Gasteiger partial charge in [-0.05, 0) is 17.5 Å². The first-order valence-corrected chi connectivity index (χ1v) is 5.58. The zero-order valence-corrected chi connectivity index (χ0v) is 9.93. The second kappa shape index (κ2) is 5.59. The minimum Gasteiger partial charge on any atom is -0.479 e. The van der Waals surface area contributed by atoms with Crippen molar-refractivity contribution < 1.29 is 19.8 Å². The highest BCUT2D eigenvalue weighted by molar-refractivity contribution is 5.98. The van der Waals surface area contributed by atoms with Crippen LogP contribution in [0.2, 0.25) is 0 Å². The monoisotopic (exact) mass is 236 g/mol. The minimum absolute atomic E-state index is 0.0405. The lowest BCUT2D eigenvalue weighted by Gasteiger charge is -2.14. The van der Waals surface area contributed by atoms with Gasteiger partial charge in [-0.25, -0.2) is 4.79 Å². The summed E-state index contributed by atoms with van der Waals surface area (Å²) in [5.41, 5.74) is 1.43. The van der Waals surface area contributed by atoms with Crippen molar-refractivity contribution in [2.45, 2.75) is 32.8 Å². The quantitative estimate of drug-likeness (QED) is 0.766. The number of Topliss-reactive ketones (excluding diaryl/α,β-unsaturated/α-hetero) is 1. The van der Waals surface area contributed by atoms with E-state index in [4.69, 9.17) is 5.11 Å². The molecular weight excluding hydrogens is 220 g/mol. The van der Waals surface area contributed by atoms with Gasteiger partial charge in [0.05, 0.1) is 0 Å². The molecule has 0 aliphatic carbocycles. The zero-order valence-electron chi connectivity index (χ0n) is 9.93. The number of aliphatic hydroxyl groups excluding tert-OH is 1. The summed E-state index contributed by atoms with van der Waals surface area (Å²) in [7, 11) is 0. The number of carboxylic acids is 1. The summed E-state index contributed by atoms with van der Waals surface area (Å²) in [6.07, 6.45) is -0.698. The molecular formula is C13H16O4. The number of aliphatic carboxylic acids is 1. The van der Waals surface area contributed by atoms with E-state index in [1.165, 1.54) is 0 Å². The molecule has 92 valence electrons. The molecule has 0 saturated heterocycles. The van der Waals surface area contributed by atoms with E-state index in [1.807, 2.05) is 6.92 Å². The van der Waals surface area contributed by atoms with Crippen molar-refractivity contribution in [1.82, 2.24) is 0 Å². The molecule has 1 aromatic carbocycles. The highest BCUT2D eigenvalue weighted by Crippen LogP contribution is 2.23. The van der Waals surface area contributed by atoms with Crippen molar-refractivity contribution >= 4 is 11.8 Å². The summed E-state index contributed by atoms with van der Waals surface area (Å²) in [5.74, 6) is -1.35. The highest BCUT2D eigenvalue weighted by Gasteiger charge is 2.21. The molecule has 0 fully saturated rings. The van der Waals surface area contributed by atoms with Crippen LogP contribution in [0.25, 0.3) is 0 Å². The fourth-order valence-electron chi connectivity index (χ4n) is 1.84. The average molecular weight is 236 g/mol. The van der Waals surface area contributed by atoms with E-state index in [9.17, 15) is 14.7 Å². The van der Waals surface area contributed by atoms with E-state index in [0.717, 1.165) is 0 Å². The van der Waals surface area contributed by atoms with Gasteiger partial charge in [0.25, 0.3) is 0 Å². The summed E-state index contributed by atoms with van der Waals surface area (Å²) in [6, 6.07) is 4.82. The van der Waals surface area contributed by atoms with Crippen LogP contribution in [0, 0.1) is 0 Å². The van der Waals surface area contributed by atoms with E-state index in [2.05, 4.69) is 0 Å². The van der Waals surface area contributed by atoms with Crippen molar-refractivity contribution in [1.29, 1.82) is 0 Å². The molecule has 0 aliphatic rings. The van der Waals surface area contributed by atoms with Gasteiger partial charge in [-0.15, -0.1) is 0 Å². The summed E-state index contributed by atoms with van der Waals surface area (Å²) < 4.78 is 0. The van der Waals surface area contributed by atoms with Gasteiger partial charge in [-0.1, -0.05) is 32.0 Å². The zero-order chi connectivity index (χ0) is 13.0. The van der Waals surface area contributed by atoms with Crippen LogP contribution < -0.4 is 0 Å². The van der Waals surface area contributed by atoms with E-state index in [1.54, 1.807) is 25.1 Å². The van der Waals surface area contributed by atoms with E-state index in [0.29, 0.717) is 29.5 Å². The molecule has 0 saturated carbocycles. The molecule has 2 N–H and O–H groups in total. The Kier molecular flexibility index (Phi) is 4.40. The van der Waals surface area contributed by atoms with Crippen LogP contribution in [0.1, 0.15) is 47.9 Å². The van der Waals surface area contributed by atoms with Crippen LogP contribution in [0.3, 0.4) is 0 Å². The van der Waals surface area contributed by atoms with E-state index < -0.39 is 12.1 Å². The lowest BCUT2D eigenvalue weighted by atomic mass is 9.92. The van der Waals surface area contributed by atoms with Crippen LogP contribution in [0.15, 0.2) is 18.2 Å². The maximum atomic E-state index is 11.7. The smallest absolute Gasteiger partial charge is 0.337 e. The molecule has 4 heteroatoms. The number of benzene rings is 1. The first kappa shape index (κ1) is 13.4.